The molecule has 0 radical (unpaired) electrons. The summed E-state index contributed by atoms with van der Waals surface area (Å²) in [4.78, 5) is 61.8. The molecule has 0 unspecified atom stereocenters. The molecule has 4 amide bonds. The normalized spacial score (nSPS) is 12.2. The maximum atomic E-state index is 13.2. The van der Waals surface area contributed by atoms with Crippen LogP contribution in [0.1, 0.15) is 71.8 Å². The predicted octanol–water partition coefficient (Wildman–Crippen LogP) is 2.76. The lowest BCUT2D eigenvalue weighted by atomic mass is 10.1. The topological polar surface area (TPSA) is 187 Å². The van der Waals surface area contributed by atoms with E-state index in [1.54, 1.807) is 0 Å². The van der Waals surface area contributed by atoms with Crippen LogP contribution in [0, 0.1) is 11.8 Å². The first-order valence-electron chi connectivity index (χ1n) is 15.3. The van der Waals surface area contributed by atoms with E-state index in [9.17, 15) is 24.0 Å². The monoisotopic (exact) mass is 621 g/mol. The van der Waals surface area contributed by atoms with E-state index < -0.39 is 42.1 Å². The number of amides is 4. The van der Waals surface area contributed by atoms with E-state index in [0.29, 0.717) is 45.4 Å². The van der Waals surface area contributed by atoms with E-state index in [1.165, 1.54) is 0 Å². The Morgan fingerprint density at radius 2 is 1.25 bits per heavy atom. The van der Waals surface area contributed by atoms with E-state index in [-0.39, 0.29) is 44.4 Å². The molecule has 0 saturated carbocycles. The maximum absolute atomic E-state index is 13.2. The summed E-state index contributed by atoms with van der Waals surface area (Å²) in [7, 11) is 0. The Kier molecular flexibility index (Phi) is 19.6. The standard InChI is InChI=1S/C31H51N5O8/c1-22(2)19-42-29(39)26(15-9-11-17-34-31(41)44-21-24-12-6-5-7-13-24)36-28(38)25(35-27(37)18-32)14-8-10-16-33-30(40)43-20-23(3)4/h5-7,12-13,22-23,25-26H,8-11,14-21,32H2,1-4H3,(H,33,40)(H,34,41)(H,35,37)(H,36,38)/t25-,26-/m0/s1. The van der Waals surface area contributed by atoms with Gasteiger partial charge in [0.1, 0.15) is 18.7 Å². The molecule has 0 bridgehead atoms. The van der Waals surface area contributed by atoms with E-state index in [0.717, 1.165) is 5.56 Å². The predicted molar refractivity (Wildman–Crippen MR) is 165 cm³/mol. The van der Waals surface area contributed by atoms with Crippen molar-refractivity contribution in [3.8, 4) is 0 Å². The van der Waals surface area contributed by atoms with Crippen LogP contribution in [0.4, 0.5) is 9.59 Å². The van der Waals surface area contributed by atoms with Crippen LogP contribution < -0.4 is 27.0 Å². The molecule has 0 aromatic heterocycles. The largest absolute Gasteiger partial charge is 0.464 e. The molecule has 0 aliphatic rings. The Labute approximate surface area is 260 Å². The minimum absolute atomic E-state index is 0.106. The van der Waals surface area contributed by atoms with Gasteiger partial charge in [-0.1, -0.05) is 58.0 Å². The average Bonchev–Trinajstić information content (AvgIpc) is 3.00. The van der Waals surface area contributed by atoms with Crippen molar-refractivity contribution < 1.29 is 38.2 Å². The molecule has 0 aliphatic carbocycles. The fourth-order valence-electron chi connectivity index (χ4n) is 3.79. The van der Waals surface area contributed by atoms with Gasteiger partial charge >= 0.3 is 18.2 Å². The first-order chi connectivity index (χ1) is 21.0. The molecule has 0 spiro atoms. The zero-order chi connectivity index (χ0) is 32.7. The smallest absolute Gasteiger partial charge is 0.407 e. The van der Waals surface area contributed by atoms with Gasteiger partial charge in [0, 0.05) is 13.1 Å². The van der Waals surface area contributed by atoms with Crippen LogP contribution >= 0.6 is 0 Å². The van der Waals surface area contributed by atoms with Gasteiger partial charge in [-0.2, -0.15) is 0 Å². The van der Waals surface area contributed by atoms with Gasteiger partial charge in [0.2, 0.25) is 11.8 Å². The second kappa shape index (κ2) is 22.6. The lowest BCUT2D eigenvalue weighted by molar-refractivity contribution is -0.149. The number of nitrogens with one attached hydrogen (secondary N) is 4. The van der Waals surface area contributed by atoms with E-state index in [4.69, 9.17) is 19.9 Å². The van der Waals surface area contributed by atoms with Crippen LogP contribution in [-0.2, 0) is 35.2 Å². The number of benzene rings is 1. The van der Waals surface area contributed by atoms with Crippen molar-refractivity contribution in [1.29, 1.82) is 0 Å². The molecule has 2 atom stereocenters. The van der Waals surface area contributed by atoms with Crippen LogP contribution in [0.15, 0.2) is 30.3 Å². The van der Waals surface area contributed by atoms with Crippen LogP contribution in [0.3, 0.4) is 0 Å². The molecule has 6 N–H and O–H groups in total. The summed E-state index contributed by atoms with van der Waals surface area (Å²) in [6.07, 6.45) is 1.56. The van der Waals surface area contributed by atoms with Crippen molar-refractivity contribution in [2.24, 2.45) is 17.6 Å². The highest BCUT2D eigenvalue weighted by Gasteiger charge is 2.27. The van der Waals surface area contributed by atoms with E-state index in [2.05, 4.69) is 21.3 Å². The molecule has 1 aromatic carbocycles. The summed E-state index contributed by atoms with van der Waals surface area (Å²) >= 11 is 0. The fraction of sp³-hybridized carbons (Fsp3) is 0.645. The lowest BCUT2D eigenvalue weighted by Gasteiger charge is -2.23. The summed E-state index contributed by atoms with van der Waals surface area (Å²) in [5, 5.41) is 10.7. The van der Waals surface area contributed by atoms with Gasteiger partial charge < -0.3 is 41.2 Å². The molecule has 13 heteroatoms. The summed E-state index contributed by atoms with van der Waals surface area (Å²) < 4.78 is 15.6. The molecule has 0 saturated heterocycles. The quantitative estimate of drug-likeness (QED) is 0.0781. The van der Waals surface area contributed by atoms with Crippen LogP contribution in [0.25, 0.3) is 0 Å². The number of esters is 1. The molecular formula is C31H51N5O8. The van der Waals surface area contributed by atoms with Gasteiger partial charge in [-0.05, 0) is 55.9 Å². The van der Waals surface area contributed by atoms with E-state index in [1.807, 2.05) is 58.0 Å². The fourth-order valence-corrected chi connectivity index (χ4v) is 3.79. The molecule has 0 aliphatic heterocycles. The Morgan fingerprint density at radius 3 is 1.82 bits per heavy atom. The third-order valence-electron chi connectivity index (χ3n) is 6.14. The summed E-state index contributed by atoms with van der Waals surface area (Å²) in [5.41, 5.74) is 6.32. The minimum atomic E-state index is -0.944. The van der Waals surface area contributed by atoms with Gasteiger partial charge in [0.25, 0.3) is 0 Å². The Balaban J connectivity index is 2.61. The van der Waals surface area contributed by atoms with Crippen molar-refractivity contribution in [1.82, 2.24) is 21.3 Å². The molecule has 13 nitrogen and oxygen atoms in total. The number of hydrogen-bond acceptors (Lipinski definition) is 9. The maximum Gasteiger partial charge on any atom is 0.407 e. The zero-order valence-corrected chi connectivity index (χ0v) is 26.5. The highest BCUT2D eigenvalue weighted by Crippen LogP contribution is 2.08. The molecular weight excluding hydrogens is 570 g/mol. The summed E-state index contributed by atoms with van der Waals surface area (Å²) in [6, 6.07) is 7.44. The molecule has 0 heterocycles. The third-order valence-corrected chi connectivity index (χ3v) is 6.14. The van der Waals surface area contributed by atoms with Crippen LogP contribution in [0.2, 0.25) is 0 Å². The lowest BCUT2D eigenvalue weighted by Crippen LogP contribution is -2.53. The number of rotatable bonds is 21. The minimum Gasteiger partial charge on any atom is -0.464 e. The van der Waals surface area contributed by atoms with Crippen LogP contribution in [-0.4, -0.2) is 74.9 Å². The van der Waals surface area contributed by atoms with Crippen LogP contribution in [0.5, 0.6) is 0 Å². The van der Waals surface area contributed by atoms with Crippen molar-refractivity contribution in [2.75, 3.05) is 32.8 Å². The van der Waals surface area contributed by atoms with Gasteiger partial charge in [0.15, 0.2) is 0 Å². The van der Waals surface area contributed by atoms with E-state index >= 15 is 0 Å². The summed E-state index contributed by atoms with van der Waals surface area (Å²) in [6.45, 7) is 8.72. The molecule has 0 fully saturated rings. The number of ether oxygens (including phenoxy) is 3. The van der Waals surface area contributed by atoms with Gasteiger partial charge in [0.05, 0.1) is 19.8 Å². The Hall–Kier alpha value is -3.87. The number of unbranched alkanes of at least 4 members (excludes halogenated alkanes) is 2. The Bertz CT molecular complexity index is 1010. The number of carbonyl (C=O) groups is 5. The third kappa shape index (κ3) is 18.6. The number of hydrogen-bond donors (Lipinski definition) is 5. The van der Waals surface area contributed by atoms with Crippen molar-refractivity contribution >= 4 is 30.0 Å². The number of alkyl carbamates (subject to hydrolysis) is 2. The molecule has 248 valence electrons. The van der Waals surface area contributed by atoms with Crippen molar-refractivity contribution in [3.63, 3.8) is 0 Å². The second-order valence-corrected chi connectivity index (χ2v) is 11.3. The highest BCUT2D eigenvalue weighted by molar-refractivity contribution is 5.91. The average molecular weight is 622 g/mol. The second-order valence-electron chi connectivity index (χ2n) is 11.3. The van der Waals surface area contributed by atoms with Crippen molar-refractivity contribution in [3.05, 3.63) is 35.9 Å². The summed E-state index contributed by atoms with van der Waals surface area (Å²) in [5.74, 6) is -1.29. The SMILES string of the molecule is CC(C)COC(=O)NCCCC[C@H](NC(=O)CN)C(=O)N[C@@H](CCCCNC(=O)OCc1ccccc1)C(=O)OCC(C)C. The highest BCUT2D eigenvalue weighted by atomic mass is 16.6. The molecule has 1 rings (SSSR count). The van der Waals surface area contributed by atoms with Gasteiger partial charge in [-0.15, -0.1) is 0 Å². The first-order valence-corrected chi connectivity index (χ1v) is 15.3. The molecule has 44 heavy (non-hydrogen) atoms. The van der Waals surface area contributed by atoms with Gasteiger partial charge in [-0.25, -0.2) is 14.4 Å². The Morgan fingerprint density at radius 1 is 0.705 bits per heavy atom. The zero-order valence-electron chi connectivity index (χ0n) is 26.5. The first kappa shape index (κ1) is 38.2. The van der Waals surface area contributed by atoms with Crippen molar-refractivity contribution in [2.45, 2.75) is 84.9 Å². The van der Waals surface area contributed by atoms with Gasteiger partial charge in [-0.3, -0.25) is 9.59 Å². The number of carbonyl (C=O) groups excluding carboxylic acids is 5. The molecule has 1 aromatic rings. The number of nitrogens with two attached hydrogens (primary N) is 1.